The molecule has 0 aromatic heterocycles. The summed E-state index contributed by atoms with van der Waals surface area (Å²) in [5, 5.41) is 0. The number of carbonyl (C=O) groups is 5. The van der Waals surface area contributed by atoms with Crippen LogP contribution >= 0.6 is 0 Å². The standard InChI is InChI=1S/C44H64O14/c1-23-12-17-44(52-20-23)24(2)36-35(57-44)19-34-32-11-10-30-18-31(13-15-41(30,8)33(32)14-16-42(34,36)9)56-40-38(54-28(6)48)37(53-27(5)47)39(55-29(7)49)43(58-40,21-50-25(3)45)22-51-26(4)46/h10,23-24,31-40H,11-22H2,1-9H3/t23-,24+,31+,32-,33+,34+,35+,36+,37-,38-,39-,40+,41+,42+,44-/m1/s1. The number of fused-ring (bicyclic) bond motifs is 7. The molecule has 0 aromatic carbocycles. The average Bonchev–Trinajstić information content (AvgIpc) is 3.59. The molecule has 0 N–H and O–H groups in total. The zero-order valence-electron chi connectivity index (χ0n) is 35.7. The zero-order chi connectivity index (χ0) is 41.9. The van der Waals surface area contributed by atoms with Crippen molar-refractivity contribution in [2.24, 2.45) is 46.3 Å². The van der Waals surface area contributed by atoms with Crippen molar-refractivity contribution in [1.29, 1.82) is 0 Å². The topological polar surface area (TPSA) is 168 Å². The highest BCUT2D eigenvalue weighted by molar-refractivity contribution is 5.69. The van der Waals surface area contributed by atoms with Gasteiger partial charge in [0, 0.05) is 47.0 Å². The van der Waals surface area contributed by atoms with Crippen LogP contribution in [-0.2, 0) is 66.6 Å². The van der Waals surface area contributed by atoms with Gasteiger partial charge in [0.05, 0.1) is 18.8 Å². The molecule has 4 aliphatic carbocycles. The maximum atomic E-state index is 12.6. The lowest BCUT2D eigenvalue weighted by Gasteiger charge is -2.59. The molecule has 0 unspecified atom stereocenters. The summed E-state index contributed by atoms with van der Waals surface area (Å²) in [6.07, 6.45) is 5.10. The summed E-state index contributed by atoms with van der Waals surface area (Å²) in [5.74, 6) is -1.04. The van der Waals surface area contributed by atoms with E-state index >= 15 is 0 Å². The van der Waals surface area contributed by atoms with E-state index in [0.717, 1.165) is 65.4 Å². The molecule has 3 aliphatic heterocycles. The lowest BCUT2D eigenvalue weighted by Crippen LogP contribution is -2.71. The number of ether oxygens (including phenoxy) is 9. The molecule has 6 fully saturated rings. The van der Waals surface area contributed by atoms with Gasteiger partial charge in [0.1, 0.15) is 13.2 Å². The first-order valence-electron chi connectivity index (χ1n) is 21.4. The van der Waals surface area contributed by atoms with Crippen molar-refractivity contribution >= 4 is 29.8 Å². The Hall–Kier alpha value is -3.07. The molecule has 58 heavy (non-hydrogen) atoms. The van der Waals surface area contributed by atoms with Crippen molar-refractivity contribution < 1.29 is 66.6 Å². The van der Waals surface area contributed by atoms with E-state index in [0.29, 0.717) is 48.3 Å². The van der Waals surface area contributed by atoms with Crippen molar-refractivity contribution in [3.8, 4) is 0 Å². The van der Waals surface area contributed by atoms with Crippen LogP contribution in [0, 0.1) is 46.3 Å². The van der Waals surface area contributed by atoms with E-state index in [1.807, 2.05) is 0 Å². The van der Waals surface area contributed by atoms with Crippen LogP contribution in [-0.4, -0.2) is 97.9 Å². The van der Waals surface area contributed by atoms with Gasteiger partial charge >= 0.3 is 29.8 Å². The predicted molar refractivity (Wildman–Crippen MR) is 204 cm³/mol. The van der Waals surface area contributed by atoms with Gasteiger partial charge in [-0.1, -0.05) is 39.3 Å². The van der Waals surface area contributed by atoms with E-state index in [4.69, 9.17) is 42.6 Å². The molecular weight excluding hydrogens is 752 g/mol. The third-order valence-corrected chi connectivity index (χ3v) is 15.3. The Balaban J connectivity index is 1.13. The van der Waals surface area contributed by atoms with Gasteiger partial charge in [-0.2, -0.15) is 0 Å². The largest absolute Gasteiger partial charge is 0.462 e. The highest BCUT2D eigenvalue weighted by Crippen LogP contribution is 2.70. The van der Waals surface area contributed by atoms with Crippen molar-refractivity contribution in [3.63, 3.8) is 0 Å². The van der Waals surface area contributed by atoms with E-state index in [-0.39, 0.29) is 16.9 Å². The minimum atomic E-state index is -1.90. The molecule has 1 spiro atoms. The van der Waals surface area contributed by atoms with Crippen LogP contribution in [0.1, 0.15) is 120 Å². The first kappa shape index (κ1) is 43.0. The minimum Gasteiger partial charge on any atom is -0.462 e. The summed E-state index contributed by atoms with van der Waals surface area (Å²) in [4.78, 5) is 62.0. The average molecular weight is 817 g/mol. The van der Waals surface area contributed by atoms with Gasteiger partial charge in [0.2, 0.25) is 0 Å². The lowest BCUT2D eigenvalue weighted by molar-refractivity contribution is -0.355. The summed E-state index contributed by atoms with van der Waals surface area (Å²) in [6.45, 7) is 15.1. The summed E-state index contributed by atoms with van der Waals surface area (Å²) >= 11 is 0. The normalized spacial score (nSPS) is 43.7. The smallest absolute Gasteiger partial charge is 0.303 e. The Bertz CT molecular complexity index is 1630. The van der Waals surface area contributed by atoms with Gasteiger partial charge in [-0.15, -0.1) is 0 Å². The molecule has 7 aliphatic rings. The van der Waals surface area contributed by atoms with Crippen LogP contribution in [0.25, 0.3) is 0 Å². The number of hydrogen-bond donors (Lipinski definition) is 0. The Morgan fingerprint density at radius 1 is 0.759 bits per heavy atom. The van der Waals surface area contributed by atoms with Gasteiger partial charge < -0.3 is 42.6 Å². The van der Waals surface area contributed by atoms with Crippen LogP contribution in [0.4, 0.5) is 0 Å². The fraction of sp³-hybridized carbons (Fsp3) is 0.841. The van der Waals surface area contributed by atoms with E-state index in [1.165, 1.54) is 26.3 Å². The van der Waals surface area contributed by atoms with E-state index in [1.54, 1.807) is 0 Å². The summed E-state index contributed by atoms with van der Waals surface area (Å²) in [6, 6.07) is 0. The fourth-order valence-corrected chi connectivity index (χ4v) is 12.8. The van der Waals surface area contributed by atoms with E-state index in [2.05, 4.69) is 33.8 Å². The quantitative estimate of drug-likeness (QED) is 0.157. The van der Waals surface area contributed by atoms with Crippen LogP contribution in [0.5, 0.6) is 0 Å². The van der Waals surface area contributed by atoms with Crippen LogP contribution in [0.3, 0.4) is 0 Å². The van der Waals surface area contributed by atoms with Crippen molar-refractivity contribution in [2.45, 2.75) is 168 Å². The Kier molecular flexibility index (Phi) is 11.9. The molecule has 3 saturated carbocycles. The summed E-state index contributed by atoms with van der Waals surface area (Å²) in [7, 11) is 0. The summed E-state index contributed by atoms with van der Waals surface area (Å²) in [5.41, 5.74) is -0.404. The van der Waals surface area contributed by atoms with E-state index < -0.39 is 85.2 Å². The molecule has 0 aromatic rings. The molecule has 14 heteroatoms. The minimum absolute atomic E-state index is 0.0318. The molecule has 0 bridgehead atoms. The maximum absolute atomic E-state index is 12.6. The molecule has 324 valence electrons. The van der Waals surface area contributed by atoms with Crippen LogP contribution in [0.2, 0.25) is 0 Å². The molecule has 14 nitrogen and oxygen atoms in total. The zero-order valence-corrected chi connectivity index (χ0v) is 35.7. The molecule has 15 atom stereocenters. The van der Waals surface area contributed by atoms with Crippen molar-refractivity contribution in [1.82, 2.24) is 0 Å². The van der Waals surface area contributed by atoms with Crippen LogP contribution < -0.4 is 0 Å². The molecule has 3 heterocycles. The monoisotopic (exact) mass is 816 g/mol. The second kappa shape index (κ2) is 16.1. The second-order valence-corrected chi connectivity index (χ2v) is 19.1. The number of hydrogen-bond acceptors (Lipinski definition) is 14. The van der Waals surface area contributed by atoms with Crippen molar-refractivity contribution in [2.75, 3.05) is 19.8 Å². The van der Waals surface area contributed by atoms with Gasteiger partial charge in [0.25, 0.3) is 0 Å². The van der Waals surface area contributed by atoms with Gasteiger partial charge in [-0.05, 0) is 91.8 Å². The Morgan fingerprint density at radius 2 is 1.41 bits per heavy atom. The first-order valence-corrected chi connectivity index (χ1v) is 21.4. The van der Waals surface area contributed by atoms with Gasteiger partial charge in [0.15, 0.2) is 36.0 Å². The second-order valence-electron chi connectivity index (χ2n) is 19.1. The first-order chi connectivity index (χ1) is 27.3. The molecule has 3 saturated heterocycles. The third-order valence-electron chi connectivity index (χ3n) is 15.3. The highest BCUT2D eigenvalue weighted by Gasteiger charge is 2.69. The van der Waals surface area contributed by atoms with Crippen molar-refractivity contribution in [3.05, 3.63) is 11.6 Å². The lowest BCUT2D eigenvalue weighted by atomic mass is 9.47. The molecule has 7 rings (SSSR count). The SMILES string of the molecule is CC(=O)OCC1(COC(C)=O)O[C@H](O[C@H]2CC[C@@]3(C)C(=CC[C@H]4[C@@H]5C[C@@H]6O[C@]7(CC[C@@H](C)CO7)[C@@H](C)[C@@H]6[C@@]5(C)CC[C@@H]43)C2)[C@H](OC(C)=O)[C@@H](OC(C)=O)[C@H]1OC(C)=O. The summed E-state index contributed by atoms with van der Waals surface area (Å²) < 4.78 is 54.7. The Labute approximate surface area is 342 Å². The third kappa shape index (κ3) is 7.73. The molecule has 0 amide bonds. The maximum Gasteiger partial charge on any atom is 0.303 e. The van der Waals surface area contributed by atoms with Gasteiger partial charge in [-0.25, -0.2) is 0 Å². The molecular formula is C44H64O14. The Morgan fingerprint density at radius 3 is 2.02 bits per heavy atom. The molecule has 0 radical (unpaired) electrons. The van der Waals surface area contributed by atoms with Crippen LogP contribution in [0.15, 0.2) is 11.6 Å². The highest BCUT2D eigenvalue weighted by atomic mass is 16.8. The van der Waals surface area contributed by atoms with Gasteiger partial charge in [-0.3, -0.25) is 24.0 Å². The number of esters is 5. The fourth-order valence-electron chi connectivity index (χ4n) is 12.8. The number of allylic oxidation sites excluding steroid dienone is 1. The number of carbonyl (C=O) groups excluding carboxylic acids is 5. The van der Waals surface area contributed by atoms with E-state index in [9.17, 15) is 24.0 Å². The number of rotatable bonds is 9. The predicted octanol–water partition coefficient (Wildman–Crippen LogP) is 5.75.